The highest BCUT2D eigenvalue weighted by atomic mass is 16.3. The lowest BCUT2D eigenvalue weighted by atomic mass is 9.51. The van der Waals surface area contributed by atoms with Crippen LogP contribution < -0.4 is 0 Å². The molecule has 0 unspecified atom stereocenters. The molecule has 100 valence electrons. The van der Waals surface area contributed by atoms with Crippen molar-refractivity contribution < 1.29 is 14.7 Å². The average molecular weight is 250 g/mol. The van der Waals surface area contributed by atoms with Gasteiger partial charge in [-0.15, -0.1) is 0 Å². The van der Waals surface area contributed by atoms with Gasteiger partial charge in [0.15, 0.2) is 11.6 Å². The van der Waals surface area contributed by atoms with Gasteiger partial charge in [0.25, 0.3) is 0 Å². The molecule has 2 rings (SSSR count). The summed E-state index contributed by atoms with van der Waals surface area (Å²) in [6, 6.07) is 0. The zero-order valence-electron chi connectivity index (χ0n) is 11.7. The monoisotopic (exact) mass is 250 g/mol. The lowest BCUT2D eigenvalue weighted by molar-refractivity contribution is -0.176. The van der Waals surface area contributed by atoms with E-state index in [1.54, 1.807) is 0 Å². The van der Waals surface area contributed by atoms with Crippen molar-refractivity contribution in [3.8, 4) is 0 Å². The van der Waals surface area contributed by atoms with Crippen molar-refractivity contribution in [1.29, 1.82) is 0 Å². The summed E-state index contributed by atoms with van der Waals surface area (Å²) in [5.41, 5.74) is -0.124. The van der Waals surface area contributed by atoms with E-state index in [9.17, 15) is 14.7 Å². The molecule has 0 aromatic rings. The number of fused-ring (bicyclic) bond motifs is 1. The number of carbonyl (C=O) groups excluding carboxylic acids is 2. The minimum atomic E-state index is -1.44. The van der Waals surface area contributed by atoms with Crippen LogP contribution in [0.5, 0.6) is 0 Å². The quantitative estimate of drug-likeness (QED) is 0.672. The van der Waals surface area contributed by atoms with Crippen molar-refractivity contribution in [3.63, 3.8) is 0 Å². The molecular formula is C15H22O3. The molecule has 0 amide bonds. The Hall–Kier alpha value is -0.960. The van der Waals surface area contributed by atoms with Gasteiger partial charge in [-0.05, 0) is 38.2 Å². The van der Waals surface area contributed by atoms with Crippen LogP contribution in [0.25, 0.3) is 0 Å². The van der Waals surface area contributed by atoms with Gasteiger partial charge in [0.1, 0.15) is 5.60 Å². The van der Waals surface area contributed by atoms with Crippen molar-refractivity contribution in [2.45, 2.75) is 59.0 Å². The van der Waals surface area contributed by atoms with E-state index in [0.717, 1.165) is 17.6 Å². The van der Waals surface area contributed by atoms with Gasteiger partial charge in [0.05, 0.1) is 0 Å². The first-order valence-corrected chi connectivity index (χ1v) is 6.67. The lowest BCUT2D eigenvalue weighted by Gasteiger charge is -2.54. The largest absolute Gasteiger partial charge is 0.381 e. The van der Waals surface area contributed by atoms with Crippen LogP contribution in [-0.4, -0.2) is 22.3 Å². The van der Waals surface area contributed by atoms with Gasteiger partial charge in [-0.25, -0.2) is 0 Å². The fourth-order valence-electron chi connectivity index (χ4n) is 3.48. The number of hydrogen-bond acceptors (Lipinski definition) is 3. The Bertz CT molecular complexity index is 445. The van der Waals surface area contributed by atoms with Gasteiger partial charge in [0, 0.05) is 18.3 Å². The summed E-state index contributed by atoms with van der Waals surface area (Å²) in [7, 11) is 0. The third-order valence-corrected chi connectivity index (χ3v) is 5.20. The molecule has 2 fully saturated rings. The molecule has 0 spiro atoms. The van der Waals surface area contributed by atoms with E-state index in [2.05, 4.69) is 6.92 Å². The Labute approximate surface area is 108 Å². The highest BCUT2D eigenvalue weighted by molar-refractivity contribution is 6.04. The van der Waals surface area contributed by atoms with Gasteiger partial charge < -0.3 is 5.11 Å². The Balaban J connectivity index is 2.52. The standard InChI is InChI=1S/C15H22O3/c1-9(2)11-7-14(4)10(3)5-6-13(17)15(14,18)8-12(11)16/h10,18H,5-8H2,1-4H3/t10-,14+,15+/m0/s1. The molecule has 0 aliphatic heterocycles. The highest BCUT2D eigenvalue weighted by Crippen LogP contribution is 2.55. The first kappa shape index (κ1) is 13.5. The van der Waals surface area contributed by atoms with Crippen LogP contribution in [0.2, 0.25) is 0 Å². The maximum absolute atomic E-state index is 12.1. The predicted octanol–water partition coefficient (Wildman–Crippen LogP) is 2.42. The highest BCUT2D eigenvalue weighted by Gasteiger charge is 2.60. The Kier molecular flexibility index (Phi) is 3.01. The second kappa shape index (κ2) is 4.02. The molecule has 18 heavy (non-hydrogen) atoms. The average Bonchev–Trinajstić information content (AvgIpc) is 2.28. The van der Waals surface area contributed by atoms with Crippen LogP contribution in [0.4, 0.5) is 0 Å². The molecule has 2 aliphatic rings. The van der Waals surface area contributed by atoms with Crippen molar-refractivity contribution in [2.24, 2.45) is 11.3 Å². The normalized spacial score (nSPS) is 40.7. The molecule has 2 saturated carbocycles. The Morgan fingerprint density at radius 1 is 1.28 bits per heavy atom. The maximum Gasteiger partial charge on any atom is 0.165 e. The van der Waals surface area contributed by atoms with Crippen LogP contribution in [0, 0.1) is 11.3 Å². The number of hydrogen-bond donors (Lipinski definition) is 1. The predicted molar refractivity (Wildman–Crippen MR) is 69.1 cm³/mol. The summed E-state index contributed by atoms with van der Waals surface area (Å²) in [6.45, 7) is 7.90. The summed E-state index contributed by atoms with van der Waals surface area (Å²) in [4.78, 5) is 24.2. The van der Waals surface area contributed by atoms with E-state index in [0.29, 0.717) is 12.8 Å². The Morgan fingerprint density at radius 3 is 2.44 bits per heavy atom. The number of carbonyl (C=O) groups is 2. The molecule has 2 aliphatic carbocycles. The van der Waals surface area contributed by atoms with E-state index in [1.165, 1.54) is 0 Å². The number of allylic oxidation sites excluding steroid dienone is 2. The molecule has 0 aromatic heterocycles. The van der Waals surface area contributed by atoms with Gasteiger partial charge in [-0.3, -0.25) is 9.59 Å². The molecule has 0 radical (unpaired) electrons. The minimum absolute atomic E-state index is 0.0345. The first-order valence-electron chi connectivity index (χ1n) is 6.67. The zero-order chi connectivity index (χ0) is 13.7. The topological polar surface area (TPSA) is 54.4 Å². The van der Waals surface area contributed by atoms with Gasteiger partial charge in [0.2, 0.25) is 0 Å². The molecule has 0 saturated heterocycles. The van der Waals surface area contributed by atoms with Crippen LogP contribution in [0.15, 0.2) is 11.1 Å². The van der Waals surface area contributed by atoms with Crippen LogP contribution in [0.3, 0.4) is 0 Å². The molecule has 0 aromatic carbocycles. The molecule has 0 bridgehead atoms. The lowest BCUT2D eigenvalue weighted by Crippen LogP contribution is -2.62. The Morgan fingerprint density at radius 2 is 1.89 bits per heavy atom. The second-order valence-corrected chi connectivity index (χ2v) is 6.40. The van der Waals surface area contributed by atoms with Crippen molar-refractivity contribution in [2.75, 3.05) is 0 Å². The van der Waals surface area contributed by atoms with E-state index < -0.39 is 11.0 Å². The smallest absolute Gasteiger partial charge is 0.165 e. The fraction of sp³-hybridized carbons (Fsp3) is 0.733. The molecule has 0 heterocycles. The van der Waals surface area contributed by atoms with Gasteiger partial charge in [-0.2, -0.15) is 0 Å². The van der Waals surface area contributed by atoms with Crippen LogP contribution >= 0.6 is 0 Å². The van der Waals surface area contributed by atoms with Crippen molar-refractivity contribution >= 4 is 11.6 Å². The number of aliphatic hydroxyl groups is 1. The molecule has 1 N–H and O–H groups in total. The number of ketones is 2. The van der Waals surface area contributed by atoms with Crippen molar-refractivity contribution in [3.05, 3.63) is 11.1 Å². The minimum Gasteiger partial charge on any atom is -0.381 e. The van der Waals surface area contributed by atoms with Crippen LogP contribution in [-0.2, 0) is 9.59 Å². The summed E-state index contributed by atoms with van der Waals surface area (Å²) in [6.07, 6.45) is 1.69. The molecular weight excluding hydrogens is 228 g/mol. The summed E-state index contributed by atoms with van der Waals surface area (Å²) < 4.78 is 0. The SMILES string of the molecule is CC(C)=C1C[C@]2(C)[C@@H](C)CCC(=O)[C@]2(O)CC1=O. The second-order valence-electron chi connectivity index (χ2n) is 6.40. The first-order chi connectivity index (χ1) is 8.22. The van der Waals surface area contributed by atoms with E-state index in [1.807, 2.05) is 20.8 Å². The van der Waals surface area contributed by atoms with Gasteiger partial charge in [-0.1, -0.05) is 19.4 Å². The third-order valence-electron chi connectivity index (χ3n) is 5.20. The molecule has 3 heteroatoms. The van der Waals surface area contributed by atoms with E-state index >= 15 is 0 Å². The van der Waals surface area contributed by atoms with E-state index in [4.69, 9.17) is 0 Å². The number of Topliss-reactive ketones (excluding diaryl/α,β-unsaturated/α-hetero) is 2. The van der Waals surface area contributed by atoms with Gasteiger partial charge >= 0.3 is 0 Å². The third kappa shape index (κ3) is 1.60. The van der Waals surface area contributed by atoms with Crippen LogP contribution in [0.1, 0.15) is 53.4 Å². The maximum atomic E-state index is 12.1. The molecule has 3 nitrogen and oxygen atoms in total. The number of rotatable bonds is 0. The van der Waals surface area contributed by atoms with E-state index in [-0.39, 0.29) is 23.9 Å². The van der Waals surface area contributed by atoms with Crippen molar-refractivity contribution in [1.82, 2.24) is 0 Å². The summed E-state index contributed by atoms with van der Waals surface area (Å²) >= 11 is 0. The summed E-state index contributed by atoms with van der Waals surface area (Å²) in [5, 5.41) is 10.8. The zero-order valence-corrected chi connectivity index (χ0v) is 11.7. The molecule has 3 atom stereocenters. The summed E-state index contributed by atoms with van der Waals surface area (Å²) in [5.74, 6) is 0.0457. The fourth-order valence-corrected chi connectivity index (χ4v) is 3.48.